The molecular weight excluding hydrogens is 791 g/mol. The maximum Gasteiger partial charge on any atom is 0.306 e. The predicted molar refractivity (Wildman–Crippen MR) is 278 cm³/mol. The molecule has 1 amide bonds. The number of allylic oxidation sites excluding steroid dienone is 10. The van der Waals surface area contributed by atoms with E-state index in [4.69, 9.17) is 4.74 Å². The molecular formula is C58H105NO5. The summed E-state index contributed by atoms with van der Waals surface area (Å²) in [6.45, 7) is 6.38. The fraction of sp³-hybridized carbons (Fsp3) is 0.793. The predicted octanol–water partition coefficient (Wildman–Crippen LogP) is 16.8. The van der Waals surface area contributed by atoms with Gasteiger partial charge in [-0.15, -0.1) is 0 Å². The lowest BCUT2D eigenvalue weighted by Crippen LogP contribution is -2.46. The normalized spacial score (nSPS) is 13.6. The summed E-state index contributed by atoms with van der Waals surface area (Å²) in [5.41, 5.74) is 0. The molecule has 0 spiro atoms. The highest BCUT2D eigenvalue weighted by Gasteiger charge is 2.24. The van der Waals surface area contributed by atoms with Crippen molar-refractivity contribution in [1.29, 1.82) is 0 Å². The number of hydrogen-bond donors (Lipinski definition) is 3. The van der Waals surface area contributed by atoms with Gasteiger partial charge in [0.2, 0.25) is 5.91 Å². The molecule has 3 atom stereocenters. The van der Waals surface area contributed by atoms with Crippen molar-refractivity contribution >= 4 is 11.9 Å². The summed E-state index contributed by atoms with van der Waals surface area (Å²) in [6.07, 6.45) is 64.2. The zero-order valence-electron chi connectivity index (χ0n) is 42.4. The molecule has 3 unspecified atom stereocenters. The SMILES string of the molecule is CC/C=C\C/C=C\C/C=C\C/C=C\C/C=C\CCCCCC(=O)OC(CCCCCCCCCCCCCCC)CC(=O)NC(CO)C(O)CCCCCCCCCCCCCCC. The smallest absolute Gasteiger partial charge is 0.306 e. The van der Waals surface area contributed by atoms with E-state index >= 15 is 0 Å². The maximum absolute atomic E-state index is 13.2. The van der Waals surface area contributed by atoms with Crippen molar-refractivity contribution in [3.05, 3.63) is 60.8 Å². The van der Waals surface area contributed by atoms with Crippen LogP contribution in [0.1, 0.15) is 271 Å². The quantitative estimate of drug-likeness (QED) is 0.0321. The third-order valence-corrected chi connectivity index (χ3v) is 12.4. The topological polar surface area (TPSA) is 95.9 Å². The molecule has 0 saturated carbocycles. The first-order valence-electron chi connectivity index (χ1n) is 27.5. The standard InChI is InChI=1S/C58H105NO5/c1-4-7-10-13-16-19-22-25-26-27-28-29-30-33-36-39-42-45-48-51-58(63)64-54(49-46-43-40-37-34-31-23-20-17-14-11-8-5-2)52-57(62)59-55(53-60)56(61)50-47-44-41-38-35-32-24-21-18-15-12-9-6-3/h7,10,16,19,25-26,28-29,33,36,54-56,60-61H,4-6,8-9,11-15,17-18,20-24,27,30-32,34-35,37-53H2,1-3H3,(H,59,62)/b10-7-,19-16-,26-25-,29-28-,36-33-. The lowest BCUT2D eigenvalue weighted by molar-refractivity contribution is -0.151. The van der Waals surface area contributed by atoms with Crippen LogP contribution in [0.15, 0.2) is 60.8 Å². The van der Waals surface area contributed by atoms with Crippen LogP contribution in [0.5, 0.6) is 0 Å². The molecule has 6 nitrogen and oxygen atoms in total. The monoisotopic (exact) mass is 896 g/mol. The highest BCUT2D eigenvalue weighted by atomic mass is 16.5. The number of nitrogens with one attached hydrogen (secondary N) is 1. The van der Waals surface area contributed by atoms with Crippen molar-refractivity contribution < 1.29 is 24.5 Å². The number of ether oxygens (including phenoxy) is 1. The number of hydrogen-bond acceptors (Lipinski definition) is 5. The summed E-state index contributed by atoms with van der Waals surface area (Å²) in [7, 11) is 0. The van der Waals surface area contributed by atoms with Crippen LogP contribution in [0.25, 0.3) is 0 Å². The Morgan fingerprint density at radius 3 is 1.27 bits per heavy atom. The van der Waals surface area contributed by atoms with E-state index in [0.29, 0.717) is 19.3 Å². The highest BCUT2D eigenvalue weighted by Crippen LogP contribution is 2.18. The van der Waals surface area contributed by atoms with Gasteiger partial charge in [-0.05, 0) is 70.6 Å². The molecule has 372 valence electrons. The van der Waals surface area contributed by atoms with Gasteiger partial charge >= 0.3 is 5.97 Å². The number of carbonyl (C=O) groups is 2. The molecule has 0 bridgehead atoms. The maximum atomic E-state index is 13.2. The Bertz CT molecular complexity index is 1140. The lowest BCUT2D eigenvalue weighted by atomic mass is 10.0. The van der Waals surface area contributed by atoms with E-state index < -0.39 is 18.2 Å². The summed E-state index contributed by atoms with van der Waals surface area (Å²) in [6, 6.07) is -0.708. The molecule has 0 fully saturated rings. The molecule has 0 aromatic heterocycles. The van der Waals surface area contributed by atoms with Gasteiger partial charge in [0, 0.05) is 6.42 Å². The highest BCUT2D eigenvalue weighted by molar-refractivity contribution is 5.77. The Labute approximate surface area is 397 Å². The van der Waals surface area contributed by atoms with Crippen molar-refractivity contribution in [2.45, 2.75) is 289 Å². The Hall–Kier alpha value is -2.44. The van der Waals surface area contributed by atoms with Crippen LogP contribution in [-0.2, 0) is 14.3 Å². The van der Waals surface area contributed by atoms with Gasteiger partial charge in [0.15, 0.2) is 0 Å². The summed E-state index contributed by atoms with van der Waals surface area (Å²) in [4.78, 5) is 26.2. The minimum absolute atomic E-state index is 0.0655. The molecule has 0 aliphatic carbocycles. The van der Waals surface area contributed by atoms with E-state index in [1.807, 2.05) is 0 Å². The van der Waals surface area contributed by atoms with Crippen molar-refractivity contribution in [3.63, 3.8) is 0 Å². The van der Waals surface area contributed by atoms with E-state index in [2.05, 4.69) is 86.8 Å². The van der Waals surface area contributed by atoms with Crippen LogP contribution in [0.2, 0.25) is 0 Å². The second kappa shape index (κ2) is 51.5. The van der Waals surface area contributed by atoms with Gasteiger partial charge in [0.1, 0.15) is 6.10 Å². The van der Waals surface area contributed by atoms with Gasteiger partial charge in [-0.1, -0.05) is 248 Å². The van der Waals surface area contributed by atoms with E-state index in [1.165, 1.54) is 135 Å². The van der Waals surface area contributed by atoms with Crippen molar-refractivity contribution in [3.8, 4) is 0 Å². The van der Waals surface area contributed by atoms with E-state index in [0.717, 1.165) is 89.9 Å². The average Bonchev–Trinajstić information content (AvgIpc) is 3.29. The van der Waals surface area contributed by atoms with Gasteiger partial charge in [-0.3, -0.25) is 9.59 Å². The molecule has 0 saturated heterocycles. The van der Waals surface area contributed by atoms with E-state index in [9.17, 15) is 19.8 Å². The van der Waals surface area contributed by atoms with Crippen molar-refractivity contribution in [2.24, 2.45) is 0 Å². The van der Waals surface area contributed by atoms with Crippen molar-refractivity contribution in [1.82, 2.24) is 5.32 Å². The first kappa shape index (κ1) is 61.6. The van der Waals surface area contributed by atoms with Crippen LogP contribution in [0.4, 0.5) is 0 Å². The van der Waals surface area contributed by atoms with Crippen LogP contribution >= 0.6 is 0 Å². The van der Waals surface area contributed by atoms with E-state index in [-0.39, 0.29) is 24.9 Å². The third kappa shape index (κ3) is 46.1. The van der Waals surface area contributed by atoms with E-state index in [1.54, 1.807) is 0 Å². The van der Waals surface area contributed by atoms with Crippen LogP contribution in [-0.4, -0.2) is 46.9 Å². The zero-order chi connectivity index (χ0) is 46.7. The second-order valence-electron chi connectivity index (χ2n) is 18.6. The summed E-state index contributed by atoms with van der Waals surface area (Å²) >= 11 is 0. The first-order valence-corrected chi connectivity index (χ1v) is 27.5. The Morgan fingerprint density at radius 1 is 0.469 bits per heavy atom. The number of unbranched alkanes of at least 4 members (excludes halogenated alkanes) is 27. The first-order chi connectivity index (χ1) is 31.5. The molecule has 0 rings (SSSR count). The zero-order valence-corrected chi connectivity index (χ0v) is 42.4. The van der Waals surface area contributed by atoms with Gasteiger partial charge in [0.05, 0.1) is 25.2 Å². The minimum atomic E-state index is -0.793. The molecule has 6 heteroatoms. The summed E-state index contributed by atoms with van der Waals surface area (Å²) < 4.78 is 5.94. The van der Waals surface area contributed by atoms with Crippen LogP contribution < -0.4 is 5.32 Å². The van der Waals surface area contributed by atoms with Gasteiger partial charge < -0.3 is 20.3 Å². The lowest BCUT2D eigenvalue weighted by Gasteiger charge is -2.24. The summed E-state index contributed by atoms with van der Waals surface area (Å²) in [5, 5.41) is 23.8. The van der Waals surface area contributed by atoms with Gasteiger partial charge in [-0.2, -0.15) is 0 Å². The number of aliphatic hydroxyl groups excluding tert-OH is 2. The Balaban J connectivity index is 4.59. The van der Waals surface area contributed by atoms with Crippen LogP contribution in [0, 0.1) is 0 Å². The number of aliphatic hydroxyl groups is 2. The largest absolute Gasteiger partial charge is 0.462 e. The number of rotatable bonds is 49. The molecule has 0 aliphatic rings. The second-order valence-corrected chi connectivity index (χ2v) is 18.6. The minimum Gasteiger partial charge on any atom is -0.462 e. The molecule has 0 aromatic carbocycles. The third-order valence-electron chi connectivity index (χ3n) is 12.4. The molecule has 0 radical (unpaired) electrons. The number of esters is 1. The summed E-state index contributed by atoms with van der Waals surface area (Å²) in [5.74, 6) is -0.503. The fourth-order valence-corrected chi connectivity index (χ4v) is 8.22. The fourth-order valence-electron chi connectivity index (χ4n) is 8.22. The molecule has 3 N–H and O–H groups in total. The van der Waals surface area contributed by atoms with Gasteiger partial charge in [-0.25, -0.2) is 0 Å². The number of carbonyl (C=O) groups excluding carboxylic acids is 2. The van der Waals surface area contributed by atoms with Crippen LogP contribution in [0.3, 0.4) is 0 Å². The van der Waals surface area contributed by atoms with Crippen molar-refractivity contribution in [2.75, 3.05) is 6.61 Å². The Morgan fingerprint density at radius 2 is 0.844 bits per heavy atom. The average molecular weight is 896 g/mol. The molecule has 0 aliphatic heterocycles. The molecule has 0 aromatic rings. The molecule has 64 heavy (non-hydrogen) atoms. The molecule has 0 heterocycles. The van der Waals surface area contributed by atoms with Gasteiger partial charge in [0.25, 0.3) is 0 Å². The Kier molecular flexibility index (Phi) is 49.6. The number of amides is 1.